The minimum atomic E-state index is -0.758. The van der Waals surface area contributed by atoms with Crippen molar-refractivity contribution >= 4 is 23.0 Å². The van der Waals surface area contributed by atoms with Crippen LogP contribution in [-0.2, 0) is 21.6 Å². The predicted octanol–water partition coefficient (Wildman–Crippen LogP) is 5.21. The second-order valence-corrected chi connectivity index (χ2v) is 9.13. The number of nitrogens with zero attached hydrogens (tertiary/aromatic N) is 1. The Balaban J connectivity index is 1.57. The van der Waals surface area contributed by atoms with E-state index in [0.717, 1.165) is 21.9 Å². The Bertz CT molecular complexity index is 1110. The van der Waals surface area contributed by atoms with E-state index in [-0.39, 0.29) is 6.61 Å². The summed E-state index contributed by atoms with van der Waals surface area (Å²) in [5, 5.41) is 5.14. The molecular formula is C26H28N2O4. The SMILES string of the molecule is CC(C)(C)OC(=O)N1CC(NC(=O)OCc2ccccc2)(c2cccc3ccccc23)C1. The van der Waals surface area contributed by atoms with Gasteiger partial charge in [0.1, 0.15) is 17.7 Å². The number of hydrogen-bond donors (Lipinski definition) is 1. The van der Waals surface area contributed by atoms with Crippen molar-refractivity contribution in [3.63, 3.8) is 0 Å². The number of rotatable bonds is 4. The Hall–Kier alpha value is -3.54. The normalized spacial score (nSPS) is 15.0. The molecule has 3 aromatic carbocycles. The van der Waals surface area contributed by atoms with E-state index in [4.69, 9.17) is 9.47 Å². The highest BCUT2D eigenvalue weighted by molar-refractivity contribution is 5.88. The average Bonchev–Trinajstić information content (AvgIpc) is 2.73. The molecule has 0 saturated carbocycles. The smallest absolute Gasteiger partial charge is 0.410 e. The monoisotopic (exact) mass is 432 g/mol. The highest BCUT2D eigenvalue weighted by Gasteiger charge is 2.50. The van der Waals surface area contributed by atoms with Gasteiger partial charge in [-0.1, -0.05) is 72.8 Å². The van der Waals surface area contributed by atoms with Crippen LogP contribution in [0.5, 0.6) is 0 Å². The van der Waals surface area contributed by atoms with Crippen LogP contribution in [0.15, 0.2) is 72.8 Å². The molecule has 32 heavy (non-hydrogen) atoms. The molecule has 4 rings (SSSR count). The number of carbonyl (C=O) groups is 2. The molecule has 0 spiro atoms. The van der Waals surface area contributed by atoms with Crippen LogP contribution in [0.3, 0.4) is 0 Å². The van der Waals surface area contributed by atoms with Gasteiger partial charge in [-0.2, -0.15) is 0 Å². The summed E-state index contributed by atoms with van der Waals surface area (Å²) in [5.41, 5.74) is 0.514. The van der Waals surface area contributed by atoms with Crippen LogP contribution < -0.4 is 5.32 Å². The maximum absolute atomic E-state index is 12.8. The molecule has 0 radical (unpaired) electrons. The van der Waals surface area contributed by atoms with Crippen LogP contribution >= 0.6 is 0 Å². The van der Waals surface area contributed by atoms with Gasteiger partial charge < -0.3 is 19.7 Å². The summed E-state index contributed by atoms with van der Waals surface area (Å²) >= 11 is 0. The lowest BCUT2D eigenvalue weighted by Crippen LogP contribution is -2.69. The Labute approximate surface area is 188 Å². The zero-order valence-electron chi connectivity index (χ0n) is 18.6. The van der Waals surface area contributed by atoms with Gasteiger partial charge >= 0.3 is 12.2 Å². The van der Waals surface area contributed by atoms with Gasteiger partial charge in [0, 0.05) is 0 Å². The van der Waals surface area contributed by atoms with Crippen molar-refractivity contribution in [1.82, 2.24) is 10.2 Å². The Kier molecular flexibility index (Phi) is 5.78. The summed E-state index contributed by atoms with van der Waals surface area (Å²) in [6.45, 7) is 6.28. The fraction of sp³-hybridized carbons (Fsp3) is 0.308. The second-order valence-electron chi connectivity index (χ2n) is 9.13. The molecule has 1 heterocycles. The summed E-state index contributed by atoms with van der Waals surface area (Å²) in [6.07, 6.45) is -0.918. The number of likely N-dealkylation sites (tertiary alicyclic amines) is 1. The third kappa shape index (κ3) is 4.69. The number of benzene rings is 3. The third-order valence-electron chi connectivity index (χ3n) is 5.43. The number of nitrogens with one attached hydrogen (secondary N) is 1. The Morgan fingerprint density at radius 2 is 1.59 bits per heavy atom. The maximum atomic E-state index is 12.8. The summed E-state index contributed by atoms with van der Waals surface area (Å²) < 4.78 is 11.0. The molecule has 1 N–H and O–H groups in total. The fourth-order valence-electron chi connectivity index (χ4n) is 3.97. The predicted molar refractivity (Wildman–Crippen MR) is 123 cm³/mol. The number of carbonyl (C=O) groups excluding carboxylic acids is 2. The van der Waals surface area contributed by atoms with E-state index in [9.17, 15) is 9.59 Å². The standard InChI is InChI=1S/C26H28N2O4/c1-25(2,3)32-24(30)28-17-26(18-28,22-15-9-13-20-12-7-8-14-21(20)22)27-23(29)31-16-19-10-5-4-6-11-19/h4-15H,16-18H2,1-3H3,(H,27,29). The number of ether oxygens (including phenoxy) is 2. The zero-order valence-corrected chi connectivity index (χ0v) is 18.6. The first-order valence-corrected chi connectivity index (χ1v) is 10.7. The zero-order chi connectivity index (χ0) is 22.8. The van der Waals surface area contributed by atoms with Gasteiger partial charge in [-0.05, 0) is 42.7 Å². The molecule has 0 bridgehead atoms. The lowest BCUT2D eigenvalue weighted by atomic mass is 9.80. The summed E-state index contributed by atoms with van der Waals surface area (Å²) in [5.74, 6) is 0. The van der Waals surface area contributed by atoms with E-state index in [2.05, 4.69) is 5.32 Å². The molecule has 1 saturated heterocycles. The van der Waals surface area contributed by atoms with Crippen molar-refractivity contribution in [2.45, 2.75) is 38.5 Å². The highest BCUT2D eigenvalue weighted by atomic mass is 16.6. The molecule has 6 heteroatoms. The molecule has 1 aliphatic heterocycles. The highest BCUT2D eigenvalue weighted by Crippen LogP contribution is 2.37. The molecule has 0 unspecified atom stereocenters. The van der Waals surface area contributed by atoms with Crippen LogP contribution in [0, 0.1) is 0 Å². The molecule has 0 atom stereocenters. The minimum absolute atomic E-state index is 0.175. The maximum Gasteiger partial charge on any atom is 0.410 e. The first kappa shape index (κ1) is 21.7. The lowest BCUT2D eigenvalue weighted by molar-refractivity contribution is -0.0180. The van der Waals surface area contributed by atoms with Crippen molar-refractivity contribution in [1.29, 1.82) is 0 Å². The van der Waals surface area contributed by atoms with Gasteiger partial charge in [0.25, 0.3) is 0 Å². The third-order valence-corrected chi connectivity index (χ3v) is 5.43. The van der Waals surface area contributed by atoms with E-state index < -0.39 is 23.3 Å². The van der Waals surface area contributed by atoms with Gasteiger partial charge in [-0.3, -0.25) is 0 Å². The van der Waals surface area contributed by atoms with Gasteiger partial charge in [-0.15, -0.1) is 0 Å². The van der Waals surface area contributed by atoms with E-state index in [0.29, 0.717) is 13.1 Å². The van der Waals surface area contributed by atoms with Crippen LogP contribution in [0.25, 0.3) is 10.8 Å². The molecule has 0 aliphatic carbocycles. The molecule has 0 aromatic heterocycles. The first-order valence-electron chi connectivity index (χ1n) is 10.7. The topological polar surface area (TPSA) is 67.9 Å². The fourth-order valence-corrected chi connectivity index (χ4v) is 3.97. The number of hydrogen-bond acceptors (Lipinski definition) is 4. The Morgan fingerprint density at radius 1 is 0.938 bits per heavy atom. The van der Waals surface area contributed by atoms with Crippen molar-refractivity contribution in [3.8, 4) is 0 Å². The van der Waals surface area contributed by atoms with E-state index in [1.807, 2.05) is 93.6 Å². The largest absolute Gasteiger partial charge is 0.445 e. The van der Waals surface area contributed by atoms with Crippen molar-refractivity contribution in [2.24, 2.45) is 0 Å². The van der Waals surface area contributed by atoms with Crippen LogP contribution in [0.4, 0.5) is 9.59 Å². The summed E-state index contributed by atoms with van der Waals surface area (Å²) in [6, 6.07) is 23.5. The summed E-state index contributed by atoms with van der Waals surface area (Å²) in [7, 11) is 0. The van der Waals surface area contributed by atoms with Crippen LogP contribution in [0.2, 0.25) is 0 Å². The van der Waals surface area contributed by atoms with E-state index >= 15 is 0 Å². The van der Waals surface area contributed by atoms with Gasteiger partial charge in [0.15, 0.2) is 0 Å². The van der Waals surface area contributed by atoms with E-state index in [1.54, 1.807) is 4.90 Å². The summed E-state index contributed by atoms with van der Waals surface area (Å²) in [4.78, 5) is 27.0. The molecular weight excluding hydrogens is 404 g/mol. The molecule has 6 nitrogen and oxygen atoms in total. The average molecular weight is 433 g/mol. The Morgan fingerprint density at radius 3 is 2.31 bits per heavy atom. The van der Waals surface area contributed by atoms with Crippen LogP contribution in [0.1, 0.15) is 31.9 Å². The molecule has 166 valence electrons. The van der Waals surface area contributed by atoms with E-state index in [1.165, 1.54) is 0 Å². The quantitative estimate of drug-likeness (QED) is 0.614. The number of amides is 2. The first-order chi connectivity index (χ1) is 15.3. The number of alkyl carbamates (subject to hydrolysis) is 1. The number of fused-ring (bicyclic) bond motifs is 1. The van der Waals surface area contributed by atoms with Crippen molar-refractivity contribution in [3.05, 3.63) is 83.9 Å². The van der Waals surface area contributed by atoms with Crippen LogP contribution in [-0.4, -0.2) is 35.8 Å². The molecule has 1 aliphatic rings. The van der Waals surface area contributed by atoms with Gasteiger partial charge in [0.05, 0.1) is 13.1 Å². The lowest BCUT2D eigenvalue weighted by Gasteiger charge is -2.50. The molecule has 3 aromatic rings. The second kappa shape index (κ2) is 8.54. The van der Waals surface area contributed by atoms with Crippen molar-refractivity contribution in [2.75, 3.05) is 13.1 Å². The molecule has 1 fully saturated rings. The van der Waals surface area contributed by atoms with Gasteiger partial charge in [-0.25, -0.2) is 9.59 Å². The molecule has 2 amide bonds. The minimum Gasteiger partial charge on any atom is -0.445 e. The van der Waals surface area contributed by atoms with Gasteiger partial charge in [0.2, 0.25) is 0 Å². The van der Waals surface area contributed by atoms with Crippen molar-refractivity contribution < 1.29 is 19.1 Å².